The molecule has 0 spiro atoms. The van der Waals surface area contributed by atoms with E-state index in [9.17, 15) is 0 Å². The molecule has 2 saturated heterocycles. The van der Waals surface area contributed by atoms with Gasteiger partial charge in [-0.2, -0.15) is 0 Å². The smallest absolute Gasteiger partial charge is 0.0877 e. The summed E-state index contributed by atoms with van der Waals surface area (Å²) in [5.41, 5.74) is 0. The first-order valence-corrected chi connectivity index (χ1v) is 6.47. The molecule has 3 heterocycles. The van der Waals surface area contributed by atoms with E-state index in [1.54, 1.807) is 0 Å². The molecule has 3 aliphatic heterocycles. The molecule has 4 atom stereocenters. The lowest BCUT2D eigenvalue weighted by atomic mass is 9.92. The number of rotatable bonds is 0. The number of hydrogen-bond acceptors (Lipinski definition) is 3. The van der Waals surface area contributed by atoms with E-state index in [4.69, 9.17) is 14.2 Å². The first-order chi connectivity index (χ1) is 7.93. The van der Waals surface area contributed by atoms with Crippen molar-refractivity contribution in [1.82, 2.24) is 0 Å². The van der Waals surface area contributed by atoms with E-state index in [2.05, 4.69) is 12.2 Å². The molecule has 2 unspecified atom stereocenters. The predicted octanol–water partition coefficient (Wildman–Crippen LogP) is 2.06. The lowest BCUT2D eigenvalue weighted by Crippen LogP contribution is -2.51. The third-order valence-corrected chi connectivity index (χ3v) is 3.76. The molecular formula is C13H20O3. The summed E-state index contributed by atoms with van der Waals surface area (Å²) in [5.74, 6) is 0. The summed E-state index contributed by atoms with van der Waals surface area (Å²) in [7, 11) is 0. The fraction of sp³-hybridized carbons (Fsp3) is 0.846. The van der Waals surface area contributed by atoms with Crippen LogP contribution in [0.25, 0.3) is 0 Å². The Hall–Kier alpha value is -0.380. The molecule has 3 rings (SSSR count). The molecule has 90 valence electrons. The Morgan fingerprint density at radius 1 is 0.875 bits per heavy atom. The van der Waals surface area contributed by atoms with Crippen LogP contribution in [0.4, 0.5) is 0 Å². The van der Waals surface area contributed by atoms with Crippen LogP contribution >= 0.6 is 0 Å². The molecule has 0 aliphatic carbocycles. The van der Waals surface area contributed by atoms with Gasteiger partial charge in [-0.25, -0.2) is 0 Å². The highest BCUT2D eigenvalue weighted by Crippen LogP contribution is 2.32. The van der Waals surface area contributed by atoms with E-state index in [-0.39, 0.29) is 18.3 Å². The Bertz CT molecular complexity index is 264. The summed E-state index contributed by atoms with van der Waals surface area (Å²) in [6.07, 6.45) is 10.8. The van der Waals surface area contributed by atoms with Gasteiger partial charge in [0.05, 0.1) is 31.0 Å². The topological polar surface area (TPSA) is 27.7 Å². The molecule has 0 radical (unpaired) electrons. The Labute approximate surface area is 96.8 Å². The van der Waals surface area contributed by atoms with E-state index in [0.717, 1.165) is 45.3 Å². The fourth-order valence-electron chi connectivity index (χ4n) is 2.90. The van der Waals surface area contributed by atoms with Gasteiger partial charge in [0, 0.05) is 13.0 Å². The fourth-order valence-corrected chi connectivity index (χ4v) is 2.90. The van der Waals surface area contributed by atoms with Crippen molar-refractivity contribution in [2.24, 2.45) is 0 Å². The summed E-state index contributed by atoms with van der Waals surface area (Å²) in [4.78, 5) is 0. The van der Waals surface area contributed by atoms with Gasteiger partial charge in [-0.3, -0.25) is 0 Å². The monoisotopic (exact) mass is 224 g/mol. The molecule has 2 fully saturated rings. The summed E-state index contributed by atoms with van der Waals surface area (Å²) in [5, 5.41) is 0. The lowest BCUT2D eigenvalue weighted by molar-refractivity contribution is -0.211. The van der Waals surface area contributed by atoms with E-state index in [1.807, 2.05) is 0 Å². The van der Waals surface area contributed by atoms with Crippen molar-refractivity contribution >= 4 is 0 Å². The summed E-state index contributed by atoms with van der Waals surface area (Å²) >= 11 is 0. The van der Waals surface area contributed by atoms with Crippen molar-refractivity contribution in [2.75, 3.05) is 13.2 Å². The van der Waals surface area contributed by atoms with Gasteiger partial charge in [0.15, 0.2) is 0 Å². The average Bonchev–Trinajstić information content (AvgIpc) is 2.29. The maximum absolute atomic E-state index is 6.13. The molecule has 16 heavy (non-hydrogen) atoms. The molecule has 0 saturated carbocycles. The molecule has 0 aromatic heterocycles. The van der Waals surface area contributed by atoms with Gasteiger partial charge in [0.2, 0.25) is 0 Å². The molecule has 0 amide bonds. The molecule has 0 N–H and O–H groups in total. The quantitative estimate of drug-likeness (QED) is 0.589. The zero-order chi connectivity index (χ0) is 10.8. The highest BCUT2D eigenvalue weighted by Gasteiger charge is 2.40. The zero-order valence-electron chi connectivity index (χ0n) is 9.64. The van der Waals surface area contributed by atoms with Crippen LogP contribution < -0.4 is 0 Å². The van der Waals surface area contributed by atoms with Crippen LogP contribution in [0.1, 0.15) is 32.1 Å². The van der Waals surface area contributed by atoms with E-state index in [1.165, 1.54) is 0 Å². The van der Waals surface area contributed by atoms with Gasteiger partial charge < -0.3 is 14.2 Å². The molecule has 0 aromatic rings. The van der Waals surface area contributed by atoms with Crippen LogP contribution in [0.15, 0.2) is 12.2 Å². The first kappa shape index (κ1) is 10.8. The van der Waals surface area contributed by atoms with E-state index >= 15 is 0 Å². The van der Waals surface area contributed by atoms with Crippen molar-refractivity contribution in [1.29, 1.82) is 0 Å². The number of ether oxygens (including phenoxy) is 3. The minimum Gasteiger partial charge on any atom is -0.375 e. The van der Waals surface area contributed by atoms with Crippen LogP contribution in [0.2, 0.25) is 0 Å². The third kappa shape index (κ3) is 2.17. The SMILES string of the molecule is C1=C\CC2O[C@@H]3CCCO[C@@H]3CC2OCC/1. The average molecular weight is 224 g/mol. The minimum absolute atomic E-state index is 0.240. The highest BCUT2D eigenvalue weighted by molar-refractivity contribution is 4.95. The Balaban J connectivity index is 1.69. The molecule has 3 nitrogen and oxygen atoms in total. The van der Waals surface area contributed by atoms with Crippen molar-refractivity contribution < 1.29 is 14.2 Å². The molecule has 3 heteroatoms. The Morgan fingerprint density at radius 3 is 2.75 bits per heavy atom. The van der Waals surface area contributed by atoms with Crippen LogP contribution in [0, 0.1) is 0 Å². The van der Waals surface area contributed by atoms with E-state index in [0.29, 0.717) is 6.10 Å². The number of fused-ring (bicyclic) bond motifs is 2. The van der Waals surface area contributed by atoms with Gasteiger partial charge in [-0.15, -0.1) is 0 Å². The Morgan fingerprint density at radius 2 is 1.75 bits per heavy atom. The second kappa shape index (κ2) is 4.86. The van der Waals surface area contributed by atoms with Gasteiger partial charge in [-0.05, 0) is 25.7 Å². The minimum atomic E-state index is 0.240. The maximum atomic E-state index is 6.13. The normalized spacial score (nSPS) is 46.0. The van der Waals surface area contributed by atoms with Crippen molar-refractivity contribution in [2.45, 2.75) is 56.5 Å². The second-order valence-electron chi connectivity index (χ2n) is 4.91. The molecule has 3 aliphatic rings. The van der Waals surface area contributed by atoms with Crippen LogP contribution in [-0.2, 0) is 14.2 Å². The van der Waals surface area contributed by atoms with Gasteiger partial charge in [0.1, 0.15) is 0 Å². The van der Waals surface area contributed by atoms with Gasteiger partial charge >= 0.3 is 0 Å². The zero-order valence-corrected chi connectivity index (χ0v) is 9.64. The van der Waals surface area contributed by atoms with Crippen molar-refractivity contribution in [3.05, 3.63) is 12.2 Å². The van der Waals surface area contributed by atoms with Crippen LogP contribution in [0.3, 0.4) is 0 Å². The third-order valence-electron chi connectivity index (χ3n) is 3.76. The van der Waals surface area contributed by atoms with Crippen molar-refractivity contribution in [3.63, 3.8) is 0 Å². The summed E-state index contributed by atoms with van der Waals surface area (Å²) < 4.78 is 17.8. The van der Waals surface area contributed by atoms with Gasteiger partial charge in [0.25, 0.3) is 0 Å². The lowest BCUT2D eigenvalue weighted by Gasteiger charge is -2.43. The van der Waals surface area contributed by atoms with Crippen LogP contribution in [0.5, 0.6) is 0 Å². The van der Waals surface area contributed by atoms with Crippen LogP contribution in [-0.4, -0.2) is 37.6 Å². The highest BCUT2D eigenvalue weighted by atomic mass is 16.6. The van der Waals surface area contributed by atoms with E-state index < -0.39 is 0 Å². The summed E-state index contributed by atoms with van der Waals surface area (Å²) in [6, 6.07) is 0. The molecule has 0 aromatic carbocycles. The first-order valence-electron chi connectivity index (χ1n) is 6.47. The summed E-state index contributed by atoms with van der Waals surface area (Å²) in [6.45, 7) is 1.71. The van der Waals surface area contributed by atoms with Crippen molar-refractivity contribution in [3.8, 4) is 0 Å². The predicted molar refractivity (Wildman–Crippen MR) is 60.4 cm³/mol. The second-order valence-corrected chi connectivity index (χ2v) is 4.91. The standard InChI is InChI=1S/C13H20O3/c1-2-5-10-12(14-7-3-1)9-13-11(16-10)6-4-8-15-13/h1-2,10-13H,3-9H2/b2-1-/t10?,11-,12?,13-/m1/s1. The molecular weight excluding hydrogens is 204 g/mol. The largest absolute Gasteiger partial charge is 0.375 e. The Kier molecular flexibility index (Phi) is 3.27. The number of hydrogen-bond donors (Lipinski definition) is 0. The van der Waals surface area contributed by atoms with Gasteiger partial charge in [-0.1, -0.05) is 12.2 Å². The maximum Gasteiger partial charge on any atom is 0.0877 e. The molecule has 0 bridgehead atoms.